The van der Waals surface area contributed by atoms with E-state index < -0.39 is 36.4 Å². The smallest absolute Gasteiger partial charge is 0.236 e. The molecule has 51 heavy (non-hydrogen) atoms. The second-order valence-corrected chi connectivity index (χ2v) is 13.9. The van der Waals surface area contributed by atoms with Gasteiger partial charge in [-0.25, -0.2) is 4.39 Å². The van der Waals surface area contributed by atoms with Crippen molar-refractivity contribution in [3.05, 3.63) is 65.5 Å². The SMILES string of the molecule is O=C(CCCCCCCCCCC(=O)NC[C@H](O)[C@@H](O)[C@H](O)[C@H](O)CO)NCc1ccc(N2C(=O)C3(CCNCC3)C2c2ccc(F)cc2)cc1. The zero-order valence-electron chi connectivity index (χ0n) is 29.3. The minimum atomic E-state index is -1.72. The van der Waals surface area contributed by atoms with Crippen molar-refractivity contribution >= 4 is 23.4 Å². The molecule has 0 bridgehead atoms. The summed E-state index contributed by atoms with van der Waals surface area (Å²) in [5, 5.41) is 56.3. The first-order valence-electron chi connectivity index (χ1n) is 18.3. The Morgan fingerprint density at radius 1 is 0.784 bits per heavy atom. The number of hydrogen-bond acceptors (Lipinski definition) is 9. The van der Waals surface area contributed by atoms with Crippen LogP contribution in [0.5, 0.6) is 0 Å². The summed E-state index contributed by atoms with van der Waals surface area (Å²) in [4.78, 5) is 39.8. The van der Waals surface area contributed by atoms with Crippen LogP contribution in [0, 0.1) is 11.2 Å². The second-order valence-electron chi connectivity index (χ2n) is 13.9. The van der Waals surface area contributed by atoms with Crippen LogP contribution in [0.3, 0.4) is 0 Å². The average molecular weight is 715 g/mol. The van der Waals surface area contributed by atoms with Gasteiger partial charge in [-0.3, -0.25) is 14.4 Å². The Kier molecular flexibility index (Phi) is 15.8. The number of anilines is 1. The van der Waals surface area contributed by atoms with Gasteiger partial charge in [-0.05, 0) is 74.2 Å². The van der Waals surface area contributed by atoms with Gasteiger partial charge in [0.1, 0.15) is 24.1 Å². The number of carbonyl (C=O) groups is 3. The fraction of sp³-hybridized carbons (Fsp3) is 0.605. The maximum absolute atomic E-state index is 13.7. The molecule has 4 rings (SSSR count). The fourth-order valence-electron chi connectivity index (χ4n) is 7.08. The standard InChI is InChI=1S/C38H55FN4O8/c39-28-15-13-27(14-16-28)36-38(19-21-40-22-20-38)37(51)43(36)29-17-11-26(12-18-29)23-41-32(47)9-7-5-3-1-2-4-6-8-10-33(48)42-24-30(45)34(49)35(50)31(46)25-44/h11-18,30-31,34-36,40,44-46,49-50H,1-10,19-25H2,(H,41,47)(H,42,48)/t30-,31+,34+,35+,36?/m0/s1. The van der Waals surface area contributed by atoms with Crippen LogP contribution < -0.4 is 20.9 Å². The Bertz CT molecular complexity index is 1390. The van der Waals surface area contributed by atoms with Crippen LogP contribution in [0.4, 0.5) is 10.1 Å². The number of amides is 3. The molecular formula is C38H55FN4O8. The van der Waals surface area contributed by atoms with Crippen LogP contribution in [0.2, 0.25) is 0 Å². The Morgan fingerprint density at radius 2 is 1.31 bits per heavy atom. The van der Waals surface area contributed by atoms with Gasteiger partial charge in [0.25, 0.3) is 0 Å². The van der Waals surface area contributed by atoms with Gasteiger partial charge in [-0.15, -0.1) is 0 Å². The zero-order valence-corrected chi connectivity index (χ0v) is 29.3. The molecule has 2 aliphatic heterocycles. The number of nitrogens with zero attached hydrogens (tertiary/aromatic N) is 1. The maximum Gasteiger partial charge on any atom is 0.236 e. The Balaban J connectivity index is 1.05. The molecule has 13 heteroatoms. The number of rotatable bonds is 21. The number of benzene rings is 2. The van der Waals surface area contributed by atoms with Gasteiger partial charge in [0.2, 0.25) is 17.7 Å². The monoisotopic (exact) mass is 714 g/mol. The second kappa shape index (κ2) is 20.0. The summed E-state index contributed by atoms with van der Waals surface area (Å²) in [5.74, 6) is -0.473. The van der Waals surface area contributed by atoms with E-state index in [2.05, 4.69) is 16.0 Å². The summed E-state index contributed by atoms with van der Waals surface area (Å²) in [6, 6.07) is 14.0. The van der Waals surface area contributed by atoms with E-state index in [1.807, 2.05) is 29.2 Å². The van der Waals surface area contributed by atoms with E-state index in [1.165, 1.54) is 12.1 Å². The third-order valence-electron chi connectivity index (χ3n) is 10.2. The van der Waals surface area contributed by atoms with E-state index in [1.54, 1.807) is 12.1 Å². The van der Waals surface area contributed by atoms with Gasteiger partial charge >= 0.3 is 0 Å². The van der Waals surface area contributed by atoms with Crippen molar-refractivity contribution in [1.29, 1.82) is 0 Å². The number of unbranched alkanes of at least 4 members (excludes halogenated alkanes) is 7. The predicted molar refractivity (Wildman–Crippen MR) is 190 cm³/mol. The van der Waals surface area contributed by atoms with Crippen molar-refractivity contribution in [2.45, 2.75) is 114 Å². The van der Waals surface area contributed by atoms with Gasteiger partial charge < -0.3 is 46.4 Å². The Hall–Kier alpha value is -3.46. The number of piperidine rings is 1. The first kappa shape index (κ1) is 40.3. The highest BCUT2D eigenvalue weighted by molar-refractivity contribution is 6.06. The van der Waals surface area contributed by atoms with E-state index in [4.69, 9.17) is 5.11 Å². The topological polar surface area (TPSA) is 192 Å². The number of aliphatic hydroxyl groups excluding tert-OH is 5. The van der Waals surface area contributed by atoms with Crippen LogP contribution in [0.15, 0.2) is 48.5 Å². The van der Waals surface area contributed by atoms with Gasteiger partial charge in [-0.1, -0.05) is 62.8 Å². The summed E-state index contributed by atoms with van der Waals surface area (Å²) >= 11 is 0. The van der Waals surface area contributed by atoms with Gasteiger partial charge in [-0.2, -0.15) is 0 Å². The Labute approximate surface area is 299 Å². The summed E-state index contributed by atoms with van der Waals surface area (Å²) in [6.45, 7) is 0.922. The molecule has 12 nitrogen and oxygen atoms in total. The number of carbonyl (C=O) groups excluding carboxylic acids is 3. The molecule has 2 heterocycles. The summed E-state index contributed by atoms with van der Waals surface area (Å²) in [5.41, 5.74) is 2.20. The molecule has 1 unspecified atom stereocenters. The highest BCUT2D eigenvalue weighted by Crippen LogP contribution is 2.56. The minimum absolute atomic E-state index is 0.000421. The predicted octanol–water partition coefficient (Wildman–Crippen LogP) is 2.35. The lowest BCUT2D eigenvalue weighted by molar-refractivity contribution is -0.142. The lowest BCUT2D eigenvalue weighted by atomic mass is 9.62. The third-order valence-corrected chi connectivity index (χ3v) is 10.2. The molecule has 1 spiro atoms. The zero-order chi connectivity index (χ0) is 36.8. The third kappa shape index (κ3) is 11.0. The number of aliphatic hydroxyl groups is 5. The minimum Gasteiger partial charge on any atom is -0.394 e. The van der Waals surface area contributed by atoms with E-state index >= 15 is 0 Å². The molecule has 8 N–H and O–H groups in total. The number of hydrogen-bond donors (Lipinski definition) is 8. The molecule has 2 aromatic rings. The van der Waals surface area contributed by atoms with Crippen molar-refractivity contribution in [2.75, 3.05) is 31.1 Å². The normalized spacial score (nSPS) is 19.2. The summed E-state index contributed by atoms with van der Waals surface area (Å²) < 4.78 is 13.7. The van der Waals surface area contributed by atoms with Crippen molar-refractivity contribution in [3.8, 4) is 0 Å². The molecule has 0 aromatic heterocycles. The van der Waals surface area contributed by atoms with Crippen LogP contribution in [-0.2, 0) is 20.9 Å². The van der Waals surface area contributed by atoms with Gasteiger partial charge in [0.15, 0.2) is 0 Å². The lowest BCUT2D eigenvalue weighted by Crippen LogP contribution is -2.66. The first-order chi connectivity index (χ1) is 24.6. The van der Waals surface area contributed by atoms with Crippen molar-refractivity contribution < 1.29 is 44.3 Å². The van der Waals surface area contributed by atoms with E-state index in [9.17, 15) is 39.2 Å². The highest BCUT2D eigenvalue weighted by atomic mass is 19.1. The van der Waals surface area contributed by atoms with Crippen LogP contribution in [0.1, 0.15) is 94.2 Å². The molecule has 3 amide bonds. The number of nitrogens with one attached hydrogen (secondary N) is 3. The van der Waals surface area contributed by atoms with E-state index in [0.717, 1.165) is 87.7 Å². The van der Waals surface area contributed by atoms with Crippen molar-refractivity contribution in [3.63, 3.8) is 0 Å². The van der Waals surface area contributed by atoms with E-state index in [-0.39, 0.29) is 42.5 Å². The molecule has 0 aliphatic carbocycles. The van der Waals surface area contributed by atoms with Crippen LogP contribution in [0.25, 0.3) is 0 Å². The largest absolute Gasteiger partial charge is 0.394 e. The molecule has 2 fully saturated rings. The highest BCUT2D eigenvalue weighted by Gasteiger charge is 2.61. The average Bonchev–Trinajstić information content (AvgIpc) is 3.15. The molecule has 2 saturated heterocycles. The fourth-order valence-corrected chi connectivity index (χ4v) is 7.08. The summed E-state index contributed by atoms with van der Waals surface area (Å²) in [7, 11) is 0. The number of β-lactam (4-membered cyclic amide) rings is 1. The molecule has 0 saturated carbocycles. The van der Waals surface area contributed by atoms with Gasteiger partial charge in [0, 0.05) is 31.6 Å². The molecular weight excluding hydrogens is 659 g/mol. The van der Waals surface area contributed by atoms with Crippen molar-refractivity contribution in [2.24, 2.45) is 5.41 Å². The Morgan fingerprint density at radius 3 is 1.88 bits per heavy atom. The van der Waals surface area contributed by atoms with Gasteiger partial charge in [0.05, 0.1) is 24.2 Å². The molecule has 0 radical (unpaired) electrons. The lowest BCUT2D eigenvalue weighted by Gasteiger charge is -2.58. The van der Waals surface area contributed by atoms with Crippen molar-refractivity contribution in [1.82, 2.24) is 16.0 Å². The van der Waals surface area contributed by atoms with Crippen LogP contribution in [-0.4, -0.2) is 93.9 Å². The number of halogens is 1. The maximum atomic E-state index is 13.7. The molecule has 2 aliphatic rings. The quantitative estimate of drug-likeness (QED) is 0.0709. The molecule has 282 valence electrons. The summed E-state index contributed by atoms with van der Waals surface area (Å²) in [6.07, 6.45) is 3.16. The molecule has 5 atom stereocenters. The first-order valence-corrected chi connectivity index (χ1v) is 18.3. The molecule has 2 aromatic carbocycles. The van der Waals surface area contributed by atoms with E-state index in [0.29, 0.717) is 19.4 Å². The van der Waals surface area contributed by atoms with Crippen LogP contribution >= 0.6 is 0 Å².